The molecule has 2 aliphatic heterocycles. The van der Waals surface area contributed by atoms with Crippen LogP contribution in [0.4, 0.5) is 5.69 Å². The summed E-state index contributed by atoms with van der Waals surface area (Å²) in [6.45, 7) is 5.74. The van der Waals surface area contributed by atoms with Gasteiger partial charge in [0.25, 0.3) is 5.91 Å². The molecule has 8 heteroatoms. The molecule has 1 amide bonds. The molecule has 0 N–H and O–H groups in total. The summed E-state index contributed by atoms with van der Waals surface area (Å²) < 4.78 is 33.0. The number of rotatable bonds is 5. The Balaban J connectivity index is 1.51. The van der Waals surface area contributed by atoms with Crippen LogP contribution in [0.3, 0.4) is 0 Å². The fourth-order valence-corrected chi connectivity index (χ4v) is 5.95. The predicted molar refractivity (Wildman–Crippen MR) is 120 cm³/mol. The molecular formula is C23H29N3O4S. The molecule has 0 radical (unpaired) electrons. The molecular weight excluding hydrogens is 414 g/mol. The lowest BCUT2D eigenvalue weighted by atomic mass is 10.1. The molecule has 2 heterocycles. The standard InChI is InChI=1S/C23H29N3O4S/c1-18-6-5-7-20(16-18)24-12-14-25(15-13-24)23(27)19-8-9-21(30-2)22(17-19)31(28,29)26-10-3-4-11-26/h5-9,16-17H,3-4,10-15H2,1-2H3. The zero-order chi connectivity index (χ0) is 22.0. The maximum Gasteiger partial charge on any atom is 0.254 e. The summed E-state index contributed by atoms with van der Waals surface area (Å²) in [5, 5.41) is 0. The largest absolute Gasteiger partial charge is 0.495 e. The quantitative estimate of drug-likeness (QED) is 0.711. The van der Waals surface area contributed by atoms with Crippen molar-refractivity contribution in [3.05, 3.63) is 53.6 Å². The smallest absolute Gasteiger partial charge is 0.254 e. The van der Waals surface area contributed by atoms with Crippen LogP contribution in [0.25, 0.3) is 0 Å². The zero-order valence-corrected chi connectivity index (χ0v) is 18.9. The third-order valence-corrected chi connectivity index (χ3v) is 7.95. The second kappa shape index (κ2) is 8.88. The van der Waals surface area contributed by atoms with E-state index in [0.717, 1.165) is 31.6 Å². The molecule has 7 nitrogen and oxygen atoms in total. The Hall–Kier alpha value is -2.58. The third kappa shape index (κ3) is 4.41. The molecule has 2 aromatic rings. The Morgan fingerprint density at radius 1 is 0.935 bits per heavy atom. The van der Waals surface area contributed by atoms with E-state index in [1.165, 1.54) is 23.0 Å². The van der Waals surface area contributed by atoms with Crippen molar-refractivity contribution in [2.45, 2.75) is 24.7 Å². The van der Waals surface area contributed by atoms with Gasteiger partial charge in [0.05, 0.1) is 7.11 Å². The molecule has 0 atom stereocenters. The summed E-state index contributed by atoms with van der Waals surface area (Å²) in [6, 6.07) is 13.1. The summed E-state index contributed by atoms with van der Waals surface area (Å²) in [5.41, 5.74) is 2.75. The van der Waals surface area contributed by atoms with Crippen LogP contribution >= 0.6 is 0 Å². The van der Waals surface area contributed by atoms with Crippen molar-refractivity contribution in [1.29, 1.82) is 0 Å². The van der Waals surface area contributed by atoms with E-state index in [-0.39, 0.29) is 16.6 Å². The average molecular weight is 444 g/mol. The second-order valence-corrected chi connectivity index (χ2v) is 10.0. The van der Waals surface area contributed by atoms with Crippen molar-refractivity contribution in [1.82, 2.24) is 9.21 Å². The molecule has 31 heavy (non-hydrogen) atoms. The molecule has 0 saturated carbocycles. The number of piperazine rings is 1. The van der Waals surface area contributed by atoms with Crippen LogP contribution in [0.5, 0.6) is 5.75 Å². The molecule has 2 fully saturated rings. The SMILES string of the molecule is COc1ccc(C(=O)N2CCN(c3cccc(C)c3)CC2)cc1S(=O)(=O)N1CCCC1. The van der Waals surface area contributed by atoms with Crippen molar-refractivity contribution in [2.75, 3.05) is 51.3 Å². The van der Waals surface area contributed by atoms with Gasteiger partial charge in [0.2, 0.25) is 10.0 Å². The second-order valence-electron chi connectivity index (χ2n) is 8.10. The number of amides is 1. The molecule has 2 saturated heterocycles. The highest BCUT2D eigenvalue weighted by molar-refractivity contribution is 7.89. The number of hydrogen-bond acceptors (Lipinski definition) is 5. The van der Waals surface area contributed by atoms with Crippen LogP contribution in [0.2, 0.25) is 0 Å². The Labute approximate surface area is 184 Å². The molecule has 0 unspecified atom stereocenters. The maximum absolute atomic E-state index is 13.2. The number of hydrogen-bond donors (Lipinski definition) is 0. The molecule has 0 aromatic heterocycles. The highest BCUT2D eigenvalue weighted by Crippen LogP contribution is 2.30. The molecule has 0 spiro atoms. The van der Waals surface area contributed by atoms with Gasteiger partial charge in [-0.2, -0.15) is 4.31 Å². The van der Waals surface area contributed by atoms with Crippen molar-refractivity contribution >= 4 is 21.6 Å². The topological polar surface area (TPSA) is 70.2 Å². The minimum Gasteiger partial charge on any atom is -0.495 e. The lowest BCUT2D eigenvalue weighted by Gasteiger charge is -2.36. The van der Waals surface area contributed by atoms with Gasteiger partial charge in [-0.1, -0.05) is 12.1 Å². The van der Waals surface area contributed by atoms with E-state index in [2.05, 4.69) is 30.0 Å². The zero-order valence-electron chi connectivity index (χ0n) is 18.1. The van der Waals surface area contributed by atoms with E-state index in [0.29, 0.717) is 31.7 Å². The number of benzene rings is 2. The lowest BCUT2D eigenvalue weighted by Crippen LogP contribution is -2.48. The van der Waals surface area contributed by atoms with Crippen molar-refractivity contribution in [3.63, 3.8) is 0 Å². The van der Waals surface area contributed by atoms with Crippen LogP contribution in [0, 0.1) is 6.92 Å². The molecule has 0 aliphatic carbocycles. The fraction of sp³-hybridized carbons (Fsp3) is 0.435. The van der Waals surface area contributed by atoms with Gasteiger partial charge in [-0.05, 0) is 55.7 Å². The summed E-state index contributed by atoms with van der Waals surface area (Å²) >= 11 is 0. The van der Waals surface area contributed by atoms with E-state index < -0.39 is 10.0 Å². The van der Waals surface area contributed by atoms with Gasteiger partial charge < -0.3 is 14.5 Å². The Morgan fingerprint density at radius 3 is 2.29 bits per heavy atom. The van der Waals surface area contributed by atoms with Crippen LogP contribution in [0.1, 0.15) is 28.8 Å². The maximum atomic E-state index is 13.2. The van der Waals surface area contributed by atoms with E-state index in [1.807, 2.05) is 6.07 Å². The van der Waals surface area contributed by atoms with Crippen molar-refractivity contribution < 1.29 is 17.9 Å². The fourth-order valence-electron chi connectivity index (χ4n) is 4.25. The number of carbonyl (C=O) groups excluding carboxylic acids is 1. The van der Waals surface area contributed by atoms with Gasteiger partial charge in [0.1, 0.15) is 10.6 Å². The van der Waals surface area contributed by atoms with Crippen LogP contribution in [-0.4, -0.2) is 69.9 Å². The first-order valence-corrected chi connectivity index (χ1v) is 12.1. The van der Waals surface area contributed by atoms with Gasteiger partial charge in [0.15, 0.2) is 0 Å². The Morgan fingerprint density at radius 2 is 1.65 bits per heavy atom. The van der Waals surface area contributed by atoms with E-state index in [1.54, 1.807) is 17.0 Å². The molecule has 166 valence electrons. The third-order valence-electron chi connectivity index (χ3n) is 6.03. The summed E-state index contributed by atoms with van der Waals surface area (Å²) in [7, 11) is -2.24. The number of carbonyl (C=O) groups is 1. The molecule has 2 aliphatic rings. The summed E-state index contributed by atoms with van der Waals surface area (Å²) in [5.74, 6) is 0.122. The molecule has 0 bridgehead atoms. The monoisotopic (exact) mass is 443 g/mol. The van der Waals surface area contributed by atoms with Crippen LogP contribution < -0.4 is 9.64 Å². The minimum atomic E-state index is -3.69. The summed E-state index contributed by atoms with van der Waals surface area (Å²) in [6.07, 6.45) is 1.71. The number of sulfonamides is 1. The number of ether oxygens (including phenoxy) is 1. The van der Waals surface area contributed by atoms with Crippen LogP contribution in [-0.2, 0) is 10.0 Å². The Kier molecular flexibility index (Phi) is 6.20. The molecule has 4 rings (SSSR count). The number of aryl methyl sites for hydroxylation is 1. The first-order valence-electron chi connectivity index (χ1n) is 10.7. The summed E-state index contributed by atoms with van der Waals surface area (Å²) in [4.78, 5) is 17.3. The van der Waals surface area contributed by atoms with Gasteiger partial charge in [0, 0.05) is 50.5 Å². The lowest BCUT2D eigenvalue weighted by molar-refractivity contribution is 0.0746. The van der Waals surface area contributed by atoms with Crippen molar-refractivity contribution in [2.24, 2.45) is 0 Å². The van der Waals surface area contributed by atoms with E-state index >= 15 is 0 Å². The molecule has 2 aromatic carbocycles. The first kappa shape index (κ1) is 21.6. The number of methoxy groups -OCH3 is 1. The first-order chi connectivity index (χ1) is 14.9. The van der Waals surface area contributed by atoms with Crippen molar-refractivity contribution in [3.8, 4) is 5.75 Å². The predicted octanol–water partition coefficient (Wildman–Crippen LogP) is 2.75. The minimum absolute atomic E-state index is 0.0705. The van der Waals surface area contributed by atoms with Gasteiger partial charge >= 0.3 is 0 Å². The Bertz CT molecular complexity index is 1060. The van der Waals surface area contributed by atoms with Gasteiger partial charge in [-0.25, -0.2) is 8.42 Å². The van der Waals surface area contributed by atoms with E-state index in [9.17, 15) is 13.2 Å². The average Bonchev–Trinajstić information content (AvgIpc) is 3.34. The van der Waals surface area contributed by atoms with Gasteiger partial charge in [-0.3, -0.25) is 4.79 Å². The number of nitrogens with zero attached hydrogens (tertiary/aromatic N) is 3. The highest BCUT2D eigenvalue weighted by Gasteiger charge is 2.31. The van der Waals surface area contributed by atoms with E-state index in [4.69, 9.17) is 4.74 Å². The highest BCUT2D eigenvalue weighted by atomic mass is 32.2. The number of anilines is 1. The van der Waals surface area contributed by atoms with Gasteiger partial charge in [-0.15, -0.1) is 0 Å². The van der Waals surface area contributed by atoms with Crippen LogP contribution in [0.15, 0.2) is 47.4 Å². The normalized spacial score (nSPS) is 17.7.